The first-order chi connectivity index (χ1) is 30.3. The summed E-state index contributed by atoms with van der Waals surface area (Å²) in [5.41, 5.74) is 0. The molecule has 0 aromatic carbocycles. The molecule has 0 saturated heterocycles. The minimum atomic E-state index is 1.04. The summed E-state index contributed by atoms with van der Waals surface area (Å²) in [6, 6.07) is 0. The molecule has 0 N–H and O–H groups in total. The largest absolute Gasteiger partial charge is 0.303 e. The summed E-state index contributed by atoms with van der Waals surface area (Å²) >= 11 is 0. The van der Waals surface area contributed by atoms with Gasteiger partial charge in [0.15, 0.2) is 0 Å². The molecule has 0 aromatic heterocycles. The lowest BCUT2D eigenvalue weighted by Crippen LogP contribution is -2.27. The van der Waals surface area contributed by atoms with Gasteiger partial charge in [-0.2, -0.15) is 0 Å². The van der Waals surface area contributed by atoms with E-state index >= 15 is 0 Å². The Morgan fingerprint density at radius 1 is 0.197 bits per heavy atom. The van der Waals surface area contributed by atoms with Gasteiger partial charge in [-0.3, -0.25) is 0 Å². The molecule has 0 aliphatic heterocycles. The molecule has 0 aromatic rings. The van der Waals surface area contributed by atoms with E-state index in [4.69, 9.17) is 0 Å². The van der Waals surface area contributed by atoms with Crippen LogP contribution in [0, 0.1) is 0 Å². The minimum Gasteiger partial charge on any atom is -0.303 e. The average Bonchev–Trinajstić information content (AvgIpc) is 3.27. The molecule has 344 valence electrons. The molecule has 61 heavy (non-hydrogen) atoms. The molecule has 1 nitrogen and oxygen atoms in total. The highest BCUT2D eigenvalue weighted by Gasteiger charge is 2.04. The van der Waals surface area contributed by atoms with Gasteiger partial charge in [0.1, 0.15) is 0 Å². The lowest BCUT2D eigenvalue weighted by atomic mass is 10.1. The second-order valence-electron chi connectivity index (χ2n) is 16.6. The summed E-state index contributed by atoms with van der Waals surface area (Å²) in [4.78, 5) is 2.76. The maximum atomic E-state index is 2.76. The quantitative estimate of drug-likeness (QED) is 0.0436. The number of allylic oxidation sites excluding steroid dienone is 24. The fourth-order valence-corrected chi connectivity index (χ4v) is 6.81. The van der Waals surface area contributed by atoms with E-state index in [2.05, 4.69) is 171 Å². The summed E-state index contributed by atoms with van der Waals surface area (Å²) < 4.78 is 0. The fraction of sp³-hybridized carbons (Fsp3) is 0.600. The van der Waals surface area contributed by atoms with Crippen molar-refractivity contribution >= 4 is 0 Å². The molecular formula is C60H99N. The van der Waals surface area contributed by atoms with Crippen molar-refractivity contribution in [3.8, 4) is 0 Å². The predicted molar refractivity (Wildman–Crippen MR) is 282 cm³/mol. The van der Waals surface area contributed by atoms with Gasteiger partial charge < -0.3 is 4.90 Å². The van der Waals surface area contributed by atoms with Crippen molar-refractivity contribution in [1.82, 2.24) is 4.90 Å². The van der Waals surface area contributed by atoms with Gasteiger partial charge in [0.05, 0.1) is 0 Å². The molecule has 0 fully saturated rings. The van der Waals surface area contributed by atoms with Crippen LogP contribution in [0.4, 0.5) is 0 Å². The Morgan fingerprint density at radius 3 is 0.541 bits per heavy atom. The highest BCUT2D eigenvalue weighted by Crippen LogP contribution is 2.09. The normalized spacial score (nSPS) is 13.4. The number of rotatable bonds is 45. The van der Waals surface area contributed by atoms with Gasteiger partial charge in [0.2, 0.25) is 0 Å². The molecule has 0 atom stereocenters. The van der Waals surface area contributed by atoms with Crippen molar-refractivity contribution in [3.05, 3.63) is 146 Å². The lowest BCUT2D eigenvalue weighted by molar-refractivity contribution is 0.258. The molecule has 0 radical (unpaired) electrons. The number of hydrogen-bond acceptors (Lipinski definition) is 1. The van der Waals surface area contributed by atoms with Crippen LogP contribution >= 0.6 is 0 Å². The second-order valence-corrected chi connectivity index (χ2v) is 16.6. The zero-order chi connectivity index (χ0) is 43.9. The Bertz CT molecular complexity index is 1070. The standard InChI is InChI=1S/C60H99N/c1-4-7-10-13-16-19-22-25-28-31-34-37-40-43-46-49-52-55-58-61(59-56-53-50-47-44-41-38-35-32-29-26-23-20-17-14-11-8-5-2)60-57-54-51-48-45-42-39-36-33-30-27-24-21-18-15-12-9-6-3/h16-21,25-30,34-39,43-48H,4-15,22-24,31-33,40-42,49-60H2,1-3H3/b19-16-,20-17-,21-18-,28-25-,29-26-,30-27-,37-34-,38-35-,39-36-,46-43-,47-44-,48-45-. The number of hydrogen-bond donors (Lipinski definition) is 0. The second kappa shape index (κ2) is 54.9. The maximum Gasteiger partial charge on any atom is -0.00186 e. The molecule has 0 aliphatic carbocycles. The first-order valence-corrected chi connectivity index (χ1v) is 25.9. The van der Waals surface area contributed by atoms with E-state index in [-0.39, 0.29) is 0 Å². The Kier molecular flexibility index (Phi) is 52.0. The summed E-state index contributed by atoms with van der Waals surface area (Å²) in [5.74, 6) is 0. The maximum absolute atomic E-state index is 2.76. The third kappa shape index (κ3) is 52.9. The van der Waals surface area contributed by atoms with Crippen LogP contribution in [-0.2, 0) is 0 Å². The van der Waals surface area contributed by atoms with Crippen LogP contribution in [-0.4, -0.2) is 24.5 Å². The lowest BCUT2D eigenvalue weighted by Gasteiger charge is -2.22. The van der Waals surface area contributed by atoms with Crippen LogP contribution in [0.25, 0.3) is 0 Å². The molecule has 0 spiro atoms. The van der Waals surface area contributed by atoms with Gasteiger partial charge >= 0.3 is 0 Å². The van der Waals surface area contributed by atoms with Crippen molar-refractivity contribution in [2.24, 2.45) is 0 Å². The Morgan fingerprint density at radius 2 is 0.361 bits per heavy atom. The predicted octanol–water partition coefficient (Wildman–Crippen LogP) is 19.7. The molecule has 0 rings (SSSR count). The number of nitrogens with zero attached hydrogens (tertiary/aromatic N) is 1. The molecule has 0 saturated carbocycles. The third-order valence-corrected chi connectivity index (χ3v) is 10.7. The van der Waals surface area contributed by atoms with E-state index in [1.165, 1.54) is 154 Å². The summed E-state index contributed by atoms with van der Waals surface area (Å²) in [7, 11) is 0. The first kappa shape index (κ1) is 57.8. The highest BCUT2D eigenvalue weighted by molar-refractivity contribution is 5.02. The van der Waals surface area contributed by atoms with Crippen LogP contribution in [0.5, 0.6) is 0 Å². The van der Waals surface area contributed by atoms with Crippen LogP contribution < -0.4 is 0 Å². The highest BCUT2D eigenvalue weighted by atomic mass is 15.1. The van der Waals surface area contributed by atoms with Gasteiger partial charge in [-0.25, -0.2) is 0 Å². The van der Waals surface area contributed by atoms with Crippen molar-refractivity contribution in [3.63, 3.8) is 0 Å². The van der Waals surface area contributed by atoms with Crippen LogP contribution in [0.1, 0.15) is 213 Å². The summed E-state index contributed by atoms with van der Waals surface area (Å²) in [5, 5.41) is 0. The molecule has 0 unspecified atom stereocenters. The average molecular weight is 834 g/mol. The first-order valence-electron chi connectivity index (χ1n) is 25.9. The van der Waals surface area contributed by atoms with Gasteiger partial charge in [-0.1, -0.05) is 205 Å². The zero-order valence-corrected chi connectivity index (χ0v) is 40.6. The third-order valence-electron chi connectivity index (χ3n) is 10.7. The van der Waals surface area contributed by atoms with Gasteiger partial charge in [-0.15, -0.1) is 0 Å². The van der Waals surface area contributed by atoms with E-state index in [1.807, 2.05) is 0 Å². The SMILES string of the molecule is CCCCC/C=C\C/C=C\C/C=C\C/C=C\CCCCN(CCCC/C=C\C/C=C\C/C=C\C/C=C\CCCCC)CCCC/C=C\C/C=C\C/C=C\C/C=C\CCCCC. The van der Waals surface area contributed by atoms with Gasteiger partial charge in [0, 0.05) is 0 Å². The molecule has 0 aliphatic rings. The van der Waals surface area contributed by atoms with E-state index in [0.29, 0.717) is 0 Å². The van der Waals surface area contributed by atoms with Crippen LogP contribution in [0.15, 0.2) is 146 Å². The molecular weight excluding hydrogens is 735 g/mol. The Hall–Kier alpha value is -3.16. The number of unbranched alkanes of at least 4 members (excludes halogenated alkanes) is 15. The fourth-order valence-electron chi connectivity index (χ4n) is 6.81. The zero-order valence-electron chi connectivity index (χ0n) is 40.6. The summed E-state index contributed by atoms with van der Waals surface area (Å²) in [6.07, 6.45) is 92.2. The topological polar surface area (TPSA) is 3.24 Å². The van der Waals surface area contributed by atoms with Crippen molar-refractivity contribution in [2.45, 2.75) is 213 Å². The minimum absolute atomic E-state index is 1.04. The van der Waals surface area contributed by atoms with E-state index in [0.717, 1.165) is 57.8 Å². The van der Waals surface area contributed by atoms with E-state index in [1.54, 1.807) is 0 Å². The van der Waals surface area contributed by atoms with Crippen molar-refractivity contribution < 1.29 is 0 Å². The van der Waals surface area contributed by atoms with Crippen LogP contribution in [0.2, 0.25) is 0 Å². The Balaban J connectivity index is 4.40. The molecule has 1 heteroatoms. The molecule has 0 bridgehead atoms. The monoisotopic (exact) mass is 834 g/mol. The van der Waals surface area contributed by atoms with Crippen molar-refractivity contribution in [2.75, 3.05) is 19.6 Å². The molecule has 0 amide bonds. The Labute approximate surface area is 382 Å². The van der Waals surface area contributed by atoms with Gasteiger partial charge in [-0.05, 0) is 174 Å². The van der Waals surface area contributed by atoms with Crippen molar-refractivity contribution in [1.29, 1.82) is 0 Å². The van der Waals surface area contributed by atoms with Crippen LogP contribution in [0.3, 0.4) is 0 Å². The molecule has 0 heterocycles. The van der Waals surface area contributed by atoms with E-state index < -0.39 is 0 Å². The summed E-state index contributed by atoms with van der Waals surface area (Å²) in [6.45, 7) is 10.5. The van der Waals surface area contributed by atoms with E-state index in [9.17, 15) is 0 Å². The van der Waals surface area contributed by atoms with Gasteiger partial charge in [0.25, 0.3) is 0 Å². The smallest absolute Gasteiger partial charge is 0.00186 e.